The third-order valence-corrected chi connectivity index (χ3v) is 4.59. The van der Waals surface area contributed by atoms with Crippen LogP contribution in [-0.4, -0.2) is 38.8 Å². The first-order valence-electron chi connectivity index (χ1n) is 8.57. The molecule has 1 N–H and O–H groups in total. The Balaban J connectivity index is 2.03. The Hall–Kier alpha value is -3.75. The van der Waals surface area contributed by atoms with Crippen LogP contribution in [0, 0.1) is 24.0 Å². The fourth-order valence-corrected chi connectivity index (χ4v) is 3.19. The molecule has 9 heteroatoms. The van der Waals surface area contributed by atoms with Gasteiger partial charge in [-0.2, -0.15) is 0 Å². The number of nitro benzene ring substituents is 1. The van der Waals surface area contributed by atoms with E-state index < -0.39 is 22.8 Å². The summed E-state index contributed by atoms with van der Waals surface area (Å²) in [7, 11) is 0. The lowest BCUT2D eigenvalue weighted by Gasteiger charge is -2.24. The Labute approximate surface area is 160 Å². The molecule has 2 heterocycles. The minimum Gasteiger partial charge on any atom is -0.318 e. The number of imide groups is 2. The van der Waals surface area contributed by atoms with Crippen molar-refractivity contribution >= 4 is 29.6 Å². The van der Waals surface area contributed by atoms with Gasteiger partial charge in [-0.15, -0.1) is 0 Å². The van der Waals surface area contributed by atoms with Crippen molar-refractivity contribution < 1.29 is 19.3 Å². The van der Waals surface area contributed by atoms with E-state index in [1.165, 1.54) is 18.2 Å². The van der Waals surface area contributed by atoms with Crippen LogP contribution < -0.4 is 5.32 Å². The molecule has 1 aromatic carbocycles. The molecule has 9 nitrogen and oxygen atoms in total. The van der Waals surface area contributed by atoms with E-state index in [-0.39, 0.29) is 17.8 Å². The van der Waals surface area contributed by atoms with Gasteiger partial charge in [0.1, 0.15) is 5.57 Å². The minimum absolute atomic E-state index is 0.0117. The maximum atomic E-state index is 12.5. The van der Waals surface area contributed by atoms with Crippen molar-refractivity contribution in [3.8, 4) is 5.69 Å². The number of nitro groups is 1. The van der Waals surface area contributed by atoms with E-state index in [0.29, 0.717) is 5.56 Å². The summed E-state index contributed by atoms with van der Waals surface area (Å²) in [6, 6.07) is 7.16. The molecule has 144 valence electrons. The highest BCUT2D eigenvalue weighted by Gasteiger charge is 2.34. The number of barbiturate groups is 1. The van der Waals surface area contributed by atoms with Gasteiger partial charge in [-0.05, 0) is 50.6 Å². The molecule has 4 amide bonds. The summed E-state index contributed by atoms with van der Waals surface area (Å²) in [6.07, 6.45) is 1.46. The van der Waals surface area contributed by atoms with Gasteiger partial charge >= 0.3 is 6.03 Å². The zero-order chi connectivity index (χ0) is 20.6. The average Bonchev–Trinajstić information content (AvgIpc) is 2.92. The van der Waals surface area contributed by atoms with E-state index in [9.17, 15) is 24.5 Å². The van der Waals surface area contributed by atoms with Crippen LogP contribution in [0.2, 0.25) is 0 Å². The number of aromatic nitrogens is 1. The van der Waals surface area contributed by atoms with E-state index in [2.05, 4.69) is 5.32 Å². The van der Waals surface area contributed by atoms with Crippen molar-refractivity contribution in [2.24, 2.45) is 0 Å². The number of urea groups is 1. The molecule has 0 radical (unpaired) electrons. The summed E-state index contributed by atoms with van der Waals surface area (Å²) in [5.74, 6) is -1.38. The topological polar surface area (TPSA) is 115 Å². The highest BCUT2D eigenvalue weighted by Crippen LogP contribution is 2.25. The largest absolute Gasteiger partial charge is 0.331 e. The van der Waals surface area contributed by atoms with Gasteiger partial charge in [0, 0.05) is 35.8 Å². The summed E-state index contributed by atoms with van der Waals surface area (Å²) in [4.78, 5) is 47.7. The second kappa shape index (κ2) is 7.10. The van der Waals surface area contributed by atoms with Crippen molar-refractivity contribution in [2.45, 2.75) is 20.8 Å². The van der Waals surface area contributed by atoms with Gasteiger partial charge in [0.25, 0.3) is 17.5 Å². The average molecular weight is 382 g/mol. The second-order valence-corrected chi connectivity index (χ2v) is 6.30. The predicted octanol–water partition coefficient (Wildman–Crippen LogP) is 2.48. The van der Waals surface area contributed by atoms with Gasteiger partial charge in [0.2, 0.25) is 0 Å². The minimum atomic E-state index is -0.736. The van der Waals surface area contributed by atoms with Gasteiger partial charge in [-0.25, -0.2) is 4.79 Å². The van der Waals surface area contributed by atoms with Gasteiger partial charge < -0.3 is 4.57 Å². The third kappa shape index (κ3) is 3.18. The number of hydrogen-bond acceptors (Lipinski definition) is 5. The molecule has 1 aromatic heterocycles. The van der Waals surface area contributed by atoms with Crippen molar-refractivity contribution in [2.75, 3.05) is 6.54 Å². The molecule has 1 aliphatic heterocycles. The third-order valence-electron chi connectivity index (χ3n) is 4.59. The van der Waals surface area contributed by atoms with Crippen LogP contribution in [-0.2, 0) is 9.59 Å². The highest BCUT2D eigenvalue weighted by molar-refractivity contribution is 6.31. The molecule has 0 atom stereocenters. The van der Waals surface area contributed by atoms with Crippen LogP contribution in [0.4, 0.5) is 10.5 Å². The molecule has 0 aliphatic carbocycles. The Morgan fingerprint density at radius 3 is 2.36 bits per heavy atom. The monoisotopic (exact) mass is 382 g/mol. The second-order valence-electron chi connectivity index (χ2n) is 6.30. The molecule has 0 saturated carbocycles. The first kappa shape index (κ1) is 19.0. The maximum absolute atomic E-state index is 12.5. The Bertz CT molecular complexity index is 1030. The van der Waals surface area contributed by atoms with E-state index >= 15 is 0 Å². The molecule has 0 bridgehead atoms. The maximum Gasteiger partial charge on any atom is 0.331 e. The van der Waals surface area contributed by atoms with E-state index in [1.54, 1.807) is 25.1 Å². The number of nitrogens with one attached hydrogen (secondary N) is 1. The lowest BCUT2D eigenvalue weighted by atomic mass is 10.1. The first-order valence-corrected chi connectivity index (χ1v) is 8.57. The summed E-state index contributed by atoms with van der Waals surface area (Å²) in [5.41, 5.74) is 2.80. The molecule has 1 aliphatic rings. The number of amides is 4. The molecule has 3 rings (SSSR count). The standard InChI is InChI=1S/C19H18N4O5/c1-4-21-18(25)16(17(24)20-19(21)26)10-13-9-11(2)22(12(13)3)14-5-7-15(8-6-14)23(27)28/h5-10H,4H2,1-3H3,(H,20,24,26)/b16-10+. The molecule has 1 fully saturated rings. The number of likely N-dealkylation sites (N-methyl/N-ethyl adjacent to an activating group) is 1. The molecule has 0 unspecified atom stereocenters. The van der Waals surface area contributed by atoms with E-state index in [1.807, 2.05) is 18.4 Å². The number of aryl methyl sites for hydroxylation is 1. The van der Waals surface area contributed by atoms with Crippen molar-refractivity contribution in [3.05, 3.63) is 63.0 Å². The summed E-state index contributed by atoms with van der Waals surface area (Å²) < 4.78 is 1.87. The molecule has 28 heavy (non-hydrogen) atoms. The van der Waals surface area contributed by atoms with E-state index in [4.69, 9.17) is 0 Å². The molecule has 0 spiro atoms. The van der Waals surface area contributed by atoms with Crippen molar-refractivity contribution in [1.29, 1.82) is 0 Å². The SMILES string of the molecule is CCN1C(=O)NC(=O)/C(=C\c2cc(C)n(-c3ccc([N+](=O)[O-])cc3)c2C)C1=O. The normalized spacial score (nSPS) is 15.9. The molecular formula is C19H18N4O5. The quantitative estimate of drug-likeness (QED) is 0.378. The Morgan fingerprint density at radius 1 is 1.14 bits per heavy atom. The van der Waals surface area contributed by atoms with Crippen LogP contribution >= 0.6 is 0 Å². The number of non-ortho nitro benzene ring substituents is 1. The van der Waals surface area contributed by atoms with Crippen LogP contribution in [0.15, 0.2) is 35.9 Å². The van der Waals surface area contributed by atoms with Crippen LogP contribution in [0.3, 0.4) is 0 Å². The number of nitrogens with zero attached hydrogens (tertiary/aromatic N) is 3. The molecular weight excluding hydrogens is 364 g/mol. The number of carbonyl (C=O) groups is 3. The summed E-state index contributed by atoms with van der Waals surface area (Å²) in [6.45, 7) is 5.46. The summed E-state index contributed by atoms with van der Waals surface area (Å²) >= 11 is 0. The Kier molecular flexibility index (Phi) is 4.83. The fourth-order valence-electron chi connectivity index (χ4n) is 3.19. The Morgan fingerprint density at radius 2 is 1.79 bits per heavy atom. The van der Waals surface area contributed by atoms with Crippen LogP contribution in [0.25, 0.3) is 11.8 Å². The van der Waals surface area contributed by atoms with Gasteiger partial charge in [-0.3, -0.25) is 29.9 Å². The first-order chi connectivity index (χ1) is 13.2. The number of carbonyl (C=O) groups excluding carboxylic acids is 3. The number of hydrogen-bond donors (Lipinski definition) is 1. The number of rotatable bonds is 4. The fraction of sp³-hybridized carbons (Fsp3) is 0.211. The predicted molar refractivity (Wildman–Crippen MR) is 101 cm³/mol. The van der Waals surface area contributed by atoms with Gasteiger partial charge in [-0.1, -0.05) is 0 Å². The van der Waals surface area contributed by atoms with Crippen molar-refractivity contribution in [1.82, 2.24) is 14.8 Å². The van der Waals surface area contributed by atoms with Gasteiger partial charge in [0.05, 0.1) is 4.92 Å². The number of benzene rings is 1. The zero-order valence-corrected chi connectivity index (χ0v) is 15.6. The van der Waals surface area contributed by atoms with Crippen LogP contribution in [0.1, 0.15) is 23.9 Å². The smallest absolute Gasteiger partial charge is 0.318 e. The van der Waals surface area contributed by atoms with E-state index in [0.717, 1.165) is 22.0 Å². The van der Waals surface area contributed by atoms with Crippen molar-refractivity contribution in [3.63, 3.8) is 0 Å². The highest BCUT2D eigenvalue weighted by atomic mass is 16.6. The molecule has 2 aromatic rings. The zero-order valence-electron chi connectivity index (χ0n) is 15.6. The lowest BCUT2D eigenvalue weighted by molar-refractivity contribution is -0.384. The van der Waals surface area contributed by atoms with Gasteiger partial charge in [0.15, 0.2) is 0 Å². The summed E-state index contributed by atoms with van der Waals surface area (Å²) in [5, 5.41) is 13.0. The lowest BCUT2D eigenvalue weighted by Crippen LogP contribution is -2.53. The van der Waals surface area contributed by atoms with Crippen LogP contribution in [0.5, 0.6) is 0 Å². The molecule has 1 saturated heterocycles.